The van der Waals surface area contributed by atoms with E-state index in [-0.39, 0.29) is 30.1 Å². The van der Waals surface area contributed by atoms with Gasteiger partial charge in [-0.15, -0.1) is 0 Å². The summed E-state index contributed by atoms with van der Waals surface area (Å²) in [5, 5.41) is 18.5. The van der Waals surface area contributed by atoms with Crippen molar-refractivity contribution in [2.75, 3.05) is 26.0 Å². The smallest absolute Gasteiger partial charge is 0.270 e. The Morgan fingerprint density at radius 2 is 2.00 bits per heavy atom. The molecule has 0 atom stereocenters. The van der Waals surface area contributed by atoms with Crippen molar-refractivity contribution in [3.05, 3.63) is 33.9 Å². The van der Waals surface area contributed by atoms with E-state index in [9.17, 15) is 19.7 Å². The number of benzene rings is 1. The zero-order valence-corrected chi connectivity index (χ0v) is 11.2. The molecule has 1 aromatic carbocycles. The summed E-state index contributed by atoms with van der Waals surface area (Å²) in [6, 6.07) is 3.97. The second kappa shape index (κ2) is 7.07. The molecule has 0 unspecified atom stereocenters. The number of amides is 2. The lowest BCUT2D eigenvalue weighted by Crippen LogP contribution is -2.29. The van der Waals surface area contributed by atoms with Gasteiger partial charge < -0.3 is 16.0 Å². The predicted molar refractivity (Wildman–Crippen MR) is 73.7 cm³/mol. The quantitative estimate of drug-likeness (QED) is 0.519. The molecule has 0 aromatic heterocycles. The molecule has 0 spiro atoms. The predicted octanol–water partition coefficient (Wildman–Crippen LogP) is 0.502. The Morgan fingerprint density at radius 1 is 1.30 bits per heavy atom. The molecule has 108 valence electrons. The van der Waals surface area contributed by atoms with Crippen LogP contribution in [0.2, 0.25) is 0 Å². The van der Waals surface area contributed by atoms with Gasteiger partial charge in [-0.25, -0.2) is 0 Å². The standard InChI is InChI=1S/C12H16N4O4/c1-13-10-4-3-8(16(19)20)7-9(10)12(18)15-6-5-11(17)14-2/h3-4,7,13H,5-6H2,1-2H3,(H,14,17)(H,15,18). The summed E-state index contributed by atoms with van der Waals surface area (Å²) in [6.45, 7) is 0.157. The number of non-ortho nitro benzene ring substituents is 1. The summed E-state index contributed by atoms with van der Waals surface area (Å²) in [5.41, 5.74) is 0.479. The molecule has 8 heteroatoms. The lowest BCUT2D eigenvalue weighted by Gasteiger charge is -2.09. The first-order valence-electron chi connectivity index (χ1n) is 5.94. The molecule has 0 aliphatic rings. The first-order valence-corrected chi connectivity index (χ1v) is 5.94. The Morgan fingerprint density at radius 3 is 2.55 bits per heavy atom. The lowest BCUT2D eigenvalue weighted by molar-refractivity contribution is -0.384. The molecule has 1 rings (SSSR count). The van der Waals surface area contributed by atoms with E-state index in [2.05, 4.69) is 16.0 Å². The molecule has 8 nitrogen and oxygen atoms in total. The molecular formula is C12H16N4O4. The highest BCUT2D eigenvalue weighted by Crippen LogP contribution is 2.21. The maximum Gasteiger partial charge on any atom is 0.270 e. The van der Waals surface area contributed by atoms with Crippen LogP contribution in [-0.2, 0) is 4.79 Å². The zero-order chi connectivity index (χ0) is 15.1. The lowest BCUT2D eigenvalue weighted by atomic mass is 10.1. The van der Waals surface area contributed by atoms with Gasteiger partial charge in [-0.2, -0.15) is 0 Å². The van der Waals surface area contributed by atoms with Crippen molar-refractivity contribution >= 4 is 23.2 Å². The molecule has 0 aliphatic carbocycles. The van der Waals surface area contributed by atoms with E-state index in [0.29, 0.717) is 5.69 Å². The minimum Gasteiger partial charge on any atom is -0.387 e. The van der Waals surface area contributed by atoms with Gasteiger partial charge in [0.1, 0.15) is 0 Å². The molecule has 0 bridgehead atoms. The van der Waals surface area contributed by atoms with Crippen molar-refractivity contribution < 1.29 is 14.5 Å². The number of anilines is 1. The third kappa shape index (κ3) is 3.94. The molecule has 0 saturated heterocycles. The van der Waals surface area contributed by atoms with Gasteiger partial charge >= 0.3 is 0 Å². The van der Waals surface area contributed by atoms with Crippen LogP contribution in [0.1, 0.15) is 16.8 Å². The van der Waals surface area contributed by atoms with Crippen LogP contribution in [0.5, 0.6) is 0 Å². The average Bonchev–Trinajstić information content (AvgIpc) is 2.45. The van der Waals surface area contributed by atoms with Gasteiger partial charge in [0, 0.05) is 44.9 Å². The van der Waals surface area contributed by atoms with Crippen molar-refractivity contribution in [1.82, 2.24) is 10.6 Å². The number of hydrogen-bond acceptors (Lipinski definition) is 5. The summed E-state index contributed by atoms with van der Waals surface area (Å²) in [6.07, 6.45) is 0.145. The number of nitrogens with zero attached hydrogens (tertiary/aromatic N) is 1. The van der Waals surface area contributed by atoms with Gasteiger partial charge in [0.15, 0.2) is 0 Å². The van der Waals surface area contributed by atoms with E-state index in [0.717, 1.165) is 0 Å². The number of nitrogens with one attached hydrogen (secondary N) is 3. The van der Waals surface area contributed by atoms with Crippen LogP contribution in [0.15, 0.2) is 18.2 Å². The molecule has 20 heavy (non-hydrogen) atoms. The summed E-state index contributed by atoms with van der Waals surface area (Å²) in [4.78, 5) is 33.1. The van der Waals surface area contributed by atoms with Gasteiger partial charge in [-0.3, -0.25) is 19.7 Å². The topological polar surface area (TPSA) is 113 Å². The van der Waals surface area contributed by atoms with E-state index in [1.807, 2.05) is 0 Å². The average molecular weight is 280 g/mol. The number of carbonyl (C=O) groups excluding carboxylic acids is 2. The van der Waals surface area contributed by atoms with E-state index in [1.54, 1.807) is 7.05 Å². The van der Waals surface area contributed by atoms with E-state index >= 15 is 0 Å². The summed E-state index contributed by atoms with van der Waals surface area (Å²) in [7, 11) is 3.12. The Hall–Kier alpha value is -2.64. The van der Waals surface area contributed by atoms with Crippen LogP contribution in [-0.4, -0.2) is 37.4 Å². The molecule has 1 aromatic rings. The second-order valence-electron chi connectivity index (χ2n) is 3.92. The van der Waals surface area contributed by atoms with Gasteiger partial charge in [-0.05, 0) is 6.07 Å². The molecule has 0 saturated carbocycles. The molecular weight excluding hydrogens is 264 g/mol. The van der Waals surface area contributed by atoms with E-state index < -0.39 is 10.8 Å². The second-order valence-corrected chi connectivity index (χ2v) is 3.92. The van der Waals surface area contributed by atoms with Crippen LogP contribution in [0, 0.1) is 10.1 Å². The van der Waals surface area contributed by atoms with E-state index in [4.69, 9.17) is 0 Å². The highest BCUT2D eigenvalue weighted by molar-refractivity contribution is 6.00. The molecule has 2 amide bonds. The van der Waals surface area contributed by atoms with Crippen LogP contribution in [0.4, 0.5) is 11.4 Å². The number of carbonyl (C=O) groups is 2. The van der Waals surface area contributed by atoms with Gasteiger partial charge in [0.2, 0.25) is 5.91 Å². The van der Waals surface area contributed by atoms with E-state index in [1.165, 1.54) is 25.2 Å². The Bertz CT molecular complexity index is 530. The SMILES string of the molecule is CNC(=O)CCNC(=O)c1cc([N+](=O)[O-])ccc1NC. The maximum absolute atomic E-state index is 12.0. The van der Waals surface area contributed by atoms with Crippen LogP contribution < -0.4 is 16.0 Å². The number of hydrogen-bond donors (Lipinski definition) is 3. The molecule has 0 heterocycles. The minimum atomic E-state index is -0.569. The number of nitro groups is 1. The van der Waals surface area contributed by atoms with Gasteiger partial charge in [-0.1, -0.05) is 0 Å². The third-order valence-corrected chi connectivity index (χ3v) is 2.64. The third-order valence-electron chi connectivity index (χ3n) is 2.64. The molecule has 0 aliphatic heterocycles. The monoisotopic (exact) mass is 280 g/mol. The van der Waals surface area contributed by atoms with Crippen molar-refractivity contribution in [2.45, 2.75) is 6.42 Å². The number of rotatable bonds is 6. The van der Waals surface area contributed by atoms with Crippen LogP contribution in [0.25, 0.3) is 0 Å². The summed E-state index contributed by atoms with van der Waals surface area (Å²) in [5.74, 6) is -0.667. The van der Waals surface area contributed by atoms with Gasteiger partial charge in [0.05, 0.1) is 10.5 Å². The van der Waals surface area contributed by atoms with Crippen LogP contribution in [0.3, 0.4) is 0 Å². The Balaban J connectivity index is 2.82. The van der Waals surface area contributed by atoms with Crippen LogP contribution >= 0.6 is 0 Å². The summed E-state index contributed by atoms with van der Waals surface area (Å²) >= 11 is 0. The fourth-order valence-corrected chi connectivity index (χ4v) is 1.56. The minimum absolute atomic E-state index is 0.145. The zero-order valence-electron chi connectivity index (χ0n) is 11.2. The fourth-order valence-electron chi connectivity index (χ4n) is 1.56. The first kappa shape index (κ1) is 15.4. The molecule has 3 N–H and O–H groups in total. The largest absolute Gasteiger partial charge is 0.387 e. The summed E-state index contributed by atoms with van der Waals surface area (Å²) < 4.78 is 0. The van der Waals surface area contributed by atoms with Crippen molar-refractivity contribution in [3.63, 3.8) is 0 Å². The Labute approximate surface area is 115 Å². The van der Waals surface area contributed by atoms with Gasteiger partial charge in [0.25, 0.3) is 11.6 Å². The highest BCUT2D eigenvalue weighted by atomic mass is 16.6. The molecule has 0 radical (unpaired) electrons. The normalized spacial score (nSPS) is 9.70. The first-order chi connectivity index (χ1) is 9.49. The van der Waals surface area contributed by atoms with Crippen molar-refractivity contribution in [1.29, 1.82) is 0 Å². The number of nitro benzene ring substituents is 1. The molecule has 0 fully saturated rings. The fraction of sp³-hybridized carbons (Fsp3) is 0.333. The highest BCUT2D eigenvalue weighted by Gasteiger charge is 2.16. The van der Waals surface area contributed by atoms with Crippen molar-refractivity contribution in [3.8, 4) is 0 Å². The Kier molecular flexibility index (Phi) is 5.45. The maximum atomic E-state index is 12.0. The van der Waals surface area contributed by atoms with Crippen molar-refractivity contribution in [2.24, 2.45) is 0 Å².